The van der Waals surface area contributed by atoms with Crippen molar-refractivity contribution in [3.05, 3.63) is 59.2 Å². The minimum atomic E-state index is -4.30. The van der Waals surface area contributed by atoms with Gasteiger partial charge < -0.3 is 19.3 Å². The summed E-state index contributed by atoms with van der Waals surface area (Å²) in [5, 5.41) is 0. The third-order valence-electron chi connectivity index (χ3n) is 5.36. The van der Waals surface area contributed by atoms with Crippen molar-refractivity contribution in [2.45, 2.75) is 19.3 Å². The second-order valence-corrected chi connectivity index (χ2v) is 7.19. The van der Waals surface area contributed by atoms with E-state index in [0.717, 1.165) is 49.8 Å². The Morgan fingerprint density at radius 2 is 1.43 bits per heavy atom. The molecule has 0 unspecified atom stereocenters. The molecule has 0 amide bonds. The van der Waals surface area contributed by atoms with Gasteiger partial charge in [0.05, 0.1) is 25.3 Å². The zero-order valence-electron chi connectivity index (χ0n) is 16.2. The minimum Gasteiger partial charge on any atom is -0.497 e. The van der Waals surface area contributed by atoms with Crippen LogP contribution in [-0.4, -0.2) is 40.4 Å². The van der Waals surface area contributed by atoms with Crippen LogP contribution in [-0.2, 0) is 19.3 Å². The second-order valence-electron chi connectivity index (χ2n) is 7.19. The monoisotopic (exact) mass is 396 g/mol. The maximum Gasteiger partial charge on any atom is 0.416 e. The first-order chi connectivity index (χ1) is 13.4. The number of hydrogen-bond acceptors (Lipinski definition) is 2. The fourth-order valence-corrected chi connectivity index (χ4v) is 3.82. The SMILES string of the molecule is COc1ccc(OC)c(C[NH+]2CC[NH+](Cc3ccccc3C(F)(F)F)CC2)c1. The number of quaternary nitrogens is 2. The highest BCUT2D eigenvalue weighted by atomic mass is 19.4. The van der Waals surface area contributed by atoms with Crippen molar-refractivity contribution in [1.82, 2.24) is 0 Å². The molecule has 1 aliphatic rings. The average Bonchev–Trinajstić information content (AvgIpc) is 2.69. The van der Waals surface area contributed by atoms with E-state index in [1.807, 2.05) is 18.2 Å². The van der Waals surface area contributed by atoms with E-state index in [2.05, 4.69) is 0 Å². The predicted octanol–water partition coefficient (Wildman–Crippen LogP) is 1.21. The van der Waals surface area contributed by atoms with Crippen molar-refractivity contribution in [1.29, 1.82) is 0 Å². The van der Waals surface area contributed by atoms with Crippen molar-refractivity contribution in [3.8, 4) is 11.5 Å². The molecule has 2 aromatic carbocycles. The van der Waals surface area contributed by atoms with Gasteiger partial charge >= 0.3 is 6.18 Å². The molecular formula is C21H27F3N2O2+2. The molecule has 4 nitrogen and oxygen atoms in total. The largest absolute Gasteiger partial charge is 0.497 e. The Labute approximate surface area is 163 Å². The minimum absolute atomic E-state index is 0.378. The quantitative estimate of drug-likeness (QED) is 0.768. The lowest BCUT2D eigenvalue weighted by molar-refractivity contribution is -1.02. The number of rotatable bonds is 6. The van der Waals surface area contributed by atoms with E-state index < -0.39 is 11.7 Å². The van der Waals surface area contributed by atoms with Crippen molar-refractivity contribution in [3.63, 3.8) is 0 Å². The van der Waals surface area contributed by atoms with Crippen molar-refractivity contribution in [2.24, 2.45) is 0 Å². The van der Waals surface area contributed by atoms with E-state index in [4.69, 9.17) is 9.47 Å². The van der Waals surface area contributed by atoms with Gasteiger partial charge in [0, 0.05) is 5.56 Å². The van der Waals surface area contributed by atoms with E-state index in [9.17, 15) is 13.2 Å². The van der Waals surface area contributed by atoms with Crippen molar-refractivity contribution in [2.75, 3.05) is 40.4 Å². The summed E-state index contributed by atoms with van der Waals surface area (Å²) in [5.74, 6) is 1.63. The Balaban J connectivity index is 1.60. The summed E-state index contributed by atoms with van der Waals surface area (Å²) >= 11 is 0. The number of benzene rings is 2. The molecule has 0 aliphatic carbocycles. The predicted molar refractivity (Wildman–Crippen MR) is 99.8 cm³/mol. The highest BCUT2D eigenvalue weighted by molar-refractivity contribution is 5.39. The standard InChI is InChI=1S/C21H25F3N2O2/c1-27-18-7-8-20(28-2)17(13-18)15-26-11-9-25(10-12-26)14-16-5-3-4-6-19(16)21(22,23)24/h3-8,13H,9-12,14-15H2,1-2H3/p+2. The van der Waals surface area contributed by atoms with Gasteiger partial charge in [0.15, 0.2) is 0 Å². The smallest absolute Gasteiger partial charge is 0.416 e. The van der Waals surface area contributed by atoms with Crippen molar-refractivity contribution < 1.29 is 32.4 Å². The van der Waals surface area contributed by atoms with Gasteiger partial charge in [0.25, 0.3) is 0 Å². The molecule has 0 spiro atoms. The normalized spacial score (nSPS) is 20.0. The zero-order chi connectivity index (χ0) is 20.1. The van der Waals surface area contributed by atoms with E-state index in [1.54, 1.807) is 26.4 Å². The van der Waals surface area contributed by atoms with Crippen LogP contribution in [0.2, 0.25) is 0 Å². The summed E-state index contributed by atoms with van der Waals surface area (Å²) < 4.78 is 50.4. The lowest BCUT2D eigenvalue weighted by atomic mass is 10.1. The first kappa shape index (κ1) is 20.5. The Morgan fingerprint density at radius 1 is 0.821 bits per heavy atom. The molecular weight excluding hydrogens is 369 g/mol. The van der Waals surface area contributed by atoms with E-state index in [1.165, 1.54) is 21.9 Å². The fraction of sp³-hybridized carbons (Fsp3) is 0.429. The number of halogens is 3. The summed E-state index contributed by atoms with van der Waals surface area (Å²) in [6.07, 6.45) is -4.30. The maximum absolute atomic E-state index is 13.2. The lowest BCUT2D eigenvalue weighted by Gasteiger charge is -2.30. The third kappa shape index (κ3) is 4.97. The van der Waals surface area contributed by atoms with Gasteiger partial charge in [-0.25, -0.2) is 0 Å². The molecule has 0 bridgehead atoms. The van der Waals surface area contributed by atoms with Crippen LogP contribution in [0.15, 0.2) is 42.5 Å². The van der Waals surface area contributed by atoms with Gasteiger partial charge in [0.1, 0.15) is 50.8 Å². The van der Waals surface area contributed by atoms with E-state index >= 15 is 0 Å². The molecule has 2 N–H and O–H groups in total. The molecule has 7 heteroatoms. The number of ether oxygens (including phenoxy) is 2. The van der Waals surface area contributed by atoms with Crippen LogP contribution in [0.1, 0.15) is 16.7 Å². The van der Waals surface area contributed by atoms with Crippen LogP contribution in [0.3, 0.4) is 0 Å². The van der Waals surface area contributed by atoms with Crippen molar-refractivity contribution >= 4 is 0 Å². The maximum atomic E-state index is 13.2. The molecule has 152 valence electrons. The molecule has 1 fully saturated rings. The van der Waals surface area contributed by atoms with Crippen LogP contribution < -0.4 is 19.3 Å². The number of methoxy groups -OCH3 is 2. The number of hydrogen-bond donors (Lipinski definition) is 2. The molecule has 2 aromatic rings. The first-order valence-corrected chi connectivity index (χ1v) is 9.44. The third-order valence-corrected chi connectivity index (χ3v) is 5.36. The van der Waals surface area contributed by atoms with Gasteiger partial charge in [0.2, 0.25) is 0 Å². The zero-order valence-corrected chi connectivity index (χ0v) is 16.2. The van der Waals surface area contributed by atoms with Crippen LogP contribution in [0.4, 0.5) is 13.2 Å². The summed E-state index contributed by atoms with van der Waals surface area (Å²) in [6, 6.07) is 11.7. The van der Waals surface area contributed by atoms with Crippen LogP contribution in [0.25, 0.3) is 0 Å². The second kappa shape index (κ2) is 8.84. The molecule has 0 radical (unpaired) electrons. The Morgan fingerprint density at radius 3 is 2.00 bits per heavy atom. The first-order valence-electron chi connectivity index (χ1n) is 9.44. The van der Waals surface area contributed by atoms with E-state index in [0.29, 0.717) is 12.1 Å². The molecule has 1 heterocycles. The summed E-state index contributed by atoms with van der Waals surface area (Å²) in [7, 11) is 3.29. The number of piperazine rings is 1. The molecule has 0 saturated carbocycles. The summed E-state index contributed by atoms with van der Waals surface area (Å²) in [4.78, 5) is 2.59. The van der Waals surface area contributed by atoms with E-state index in [-0.39, 0.29) is 0 Å². The molecule has 28 heavy (non-hydrogen) atoms. The van der Waals surface area contributed by atoms with Gasteiger partial charge in [-0.15, -0.1) is 0 Å². The molecule has 0 atom stereocenters. The molecule has 3 rings (SSSR count). The Kier molecular flexibility index (Phi) is 6.46. The topological polar surface area (TPSA) is 27.3 Å². The highest BCUT2D eigenvalue weighted by Crippen LogP contribution is 2.31. The highest BCUT2D eigenvalue weighted by Gasteiger charge is 2.34. The lowest BCUT2D eigenvalue weighted by Crippen LogP contribution is -3.27. The number of alkyl halides is 3. The Hall–Kier alpha value is -2.25. The van der Waals surface area contributed by atoms with Gasteiger partial charge in [-0.2, -0.15) is 13.2 Å². The summed E-state index contributed by atoms with van der Waals surface area (Å²) in [6.45, 7) is 4.72. The number of nitrogens with one attached hydrogen (secondary N) is 2. The van der Waals surface area contributed by atoms with Crippen LogP contribution >= 0.6 is 0 Å². The van der Waals surface area contributed by atoms with Gasteiger partial charge in [-0.05, 0) is 24.3 Å². The molecule has 1 aliphatic heterocycles. The average molecular weight is 396 g/mol. The van der Waals surface area contributed by atoms with Crippen LogP contribution in [0, 0.1) is 0 Å². The molecule has 0 aromatic heterocycles. The summed E-state index contributed by atoms with van der Waals surface area (Å²) in [5.41, 5.74) is 0.948. The van der Waals surface area contributed by atoms with Gasteiger partial charge in [-0.1, -0.05) is 18.2 Å². The Bertz CT molecular complexity index is 787. The molecule has 1 saturated heterocycles. The fourth-order valence-electron chi connectivity index (χ4n) is 3.82. The van der Waals surface area contributed by atoms with Crippen LogP contribution in [0.5, 0.6) is 11.5 Å². The van der Waals surface area contributed by atoms with Gasteiger partial charge in [-0.3, -0.25) is 0 Å².